The van der Waals surface area contributed by atoms with Gasteiger partial charge in [-0.15, -0.1) is 0 Å². The number of aliphatic hydroxyl groups is 11. The van der Waals surface area contributed by atoms with E-state index < -0.39 is 124 Å². The van der Waals surface area contributed by atoms with E-state index in [9.17, 15) is 61.0 Å². The van der Waals surface area contributed by atoms with Crippen LogP contribution in [-0.4, -0.2) is 193 Å². The third-order valence-corrected chi connectivity index (χ3v) is 17.7. The molecule has 3 aliphatic heterocycles. The molecule has 19 heteroatoms. The summed E-state index contributed by atoms with van der Waals surface area (Å²) in [5, 5.41) is 120. The van der Waals surface area contributed by atoms with Gasteiger partial charge in [-0.05, 0) is 70.6 Å². The molecule has 12 N–H and O–H groups in total. The maximum Gasteiger partial charge on any atom is 0.220 e. The number of hydrogen-bond donors (Lipinski definition) is 12. The molecule has 3 rings (SSSR count). The summed E-state index contributed by atoms with van der Waals surface area (Å²) in [4.78, 5) is 13.4. The van der Waals surface area contributed by atoms with Crippen LogP contribution in [0.1, 0.15) is 258 Å². The van der Waals surface area contributed by atoms with Crippen molar-refractivity contribution in [1.29, 1.82) is 0 Å². The fraction of sp³-hybridized carbons (Fsp3) is 0.847. The summed E-state index contributed by atoms with van der Waals surface area (Å²) in [6, 6.07) is -0.995. The van der Waals surface area contributed by atoms with Crippen LogP contribution in [0.15, 0.2) is 60.8 Å². The summed E-state index contributed by atoms with van der Waals surface area (Å²) in [5.74, 6) is -0.289. The molecule has 3 aliphatic rings. The predicted octanol–water partition coefficient (Wildman–Crippen LogP) is 9.94. The molecule has 0 radical (unpaired) electrons. The topological polar surface area (TPSA) is 307 Å². The summed E-state index contributed by atoms with van der Waals surface area (Å²) in [6.07, 6.45) is 39.7. The molecule has 3 saturated heterocycles. The summed E-state index contributed by atoms with van der Waals surface area (Å²) in [7, 11) is 0. The Morgan fingerprint density at radius 2 is 0.758 bits per heavy atom. The van der Waals surface area contributed by atoms with E-state index in [0.717, 1.165) is 57.8 Å². The molecule has 0 bridgehead atoms. The zero-order chi connectivity index (χ0) is 66.1. The number of aliphatic hydroxyl groups excluding tert-OH is 11. The minimum Gasteiger partial charge on any atom is -0.394 e. The maximum atomic E-state index is 13.4. The predicted molar refractivity (Wildman–Crippen MR) is 355 cm³/mol. The van der Waals surface area contributed by atoms with Crippen molar-refractivity contribution in [2.24, 2.45) is 0 Å². The highest BCUT2D eigenvalue weighted by atomic mass is 16.8. The highest BCUT2D eigenvalue weighted by molar-refractivity contribution is 5.76. The average Bonchev–Trinajstić information content (AvgIpc) is 0.850. The Morgan fingerprint density at radius 3 is 1.20 bits per heavy atom. The van der Waals surface area contributed by atoms with Crippen LogP contribution >= 0.6 is 0 Å². The number of carbonyl (C=O) groups excluding carboxylic acids is 1. The Bertz CT molecular complexity index is 1890. The monoisotopic (exact) mass is 1300 g/mol. The minimum atomic E-state index is -1.98. The van der Waals surface area contributed by atoms with E-state index in [1.807, 2.05) is 6.08 Å². The number of ether oxygens (including phenoxy) is 6. The van der Waals surface area contributed by atoms with Gasteiger partial charge in [0.2, 0.25) is 5.91 Å². The first-order valence-corrected chi connectivity index (χ1v) is 36.0. The van der Waals surface area contributed by atoms with Crippen molar-refractivity contribution in [3.63, 3.8) is 0 Å². The lowest BCUT2D eigenvalue weighted by molar-refractivity contribution is -0.379. The number of rotatable bonds is 55. The van der Waals surface area contributed by atoms with E-state index in [2.05, 4.69) is 67.8 Å². The van der Waals surface area contributed by atoms with Crippen LogP contribution < -0.4 is 5.32 Å². The number of unbranched alkanes of at least 4 members (excludes halogenated alkanes) is 31. The molecule has 0 aromatic heterocycles. The second-order valence-corrected chi connectivity index (χ2v) is 25.7. The zero-order valence-corrected chi connectivity index (χ0v) is 56.1. The van der Waals surface area contributed by atoms with Gasteiger partial charge in [-0.2, -0.15) is 0 Å². The number of hydrogen-bond acceptors (Lipinski definition) is 18. The fourth-order valence-electron chi connectivity index (χ4n) is 11.9. The van der Waals surface area contributed by atoms with E-state index in [0.29, 0.717) is 12.8 Å². The van der Waals surface area contributed by atoms with E-state index in [1.165, 1.54) is 167 Å². The van der Waals surface area contributed by atoms with Crippen molar-refractivity contribution in [3.05, 3.63) is 60.8 Å². The molecule has 3 fully saturated rings. The van der Waals surface area contributed by atoms with Gasteiger partial charge in [-0.25, -0.2) is 0 Å². The lowest BCUT2D eigenvalue weighted by Crippen LogP contribution is -2.66. The number of carbonyl (C=O) groups is 1. The summed E-state index contributed by atoms with van der Waals surface area (Å²) < 4.78 is 34.3. The number of nitrogens with one attached hydrogen (secondary N) is 1. The van der Waals surface area contributed by atoms with Gasteiger partial charge in [0.1, 0.15) is 73.2 Å². The lowest BCUT2D eigenvalue weighted by Gasteiger charge is -2.48. The van der Waals surface area contributed by atoms with Gasteiger partial charge in [0.15, 0.2) is 18.9 Å². The molecule has 17 atom stereocenters. The first-order valence-electron chi connectivity index (χ1n) is 36.0. The zero-order valence-electron chi connectivity index (χ0n) is 56.1. The van der Waals surface area contributed by atoms with Crippen molar-refractivity contribution in [2.75, 3.05) is 26.4 Å². The fourth-order valence-corrected chi connectivity index (χ4v) is 11.9. The SMILES string of the molecule is CCC/C=C/CC/C=C/CC/C=C/C(O)C(COC1OC(CO)C(OC2OC(CO)C(OC3OC(CO)C(O)C(O)C3O)C(O)C2O)C(O)C1O)NC(=O)CCCCCCCCCCCCCCCCCCCCCCCCC/C=C\C/C=C\CCCCCCC. The van der Waals surface area contributed by atoms with Crippen molar-refractivity contribution >= 4 is 5.91 Å². The van der Waals surface area contributed by atoms with Gasteiger partial charge < -0.3 is 89.9 Å². The van der Waals surface area contributed by atoms with Crippen LogP contribution in [0.25, 0.3) is 0 Å². The van der Waals surface area contributed by atoms with Gasteiger partial charge in [-0.1, -0.05) is 242 Å². The Morgan fingerprint density at radius 1 is 0.396 bits per heavy atom. The van der Waals surface area contributed by atoms with E-state index in [4.69, 9.17) is 28.4 Å². The van der Waals surface area contributed by atoms with Gasteiger partial charge in [0.25, 0.3) is 0 Å². The maximum absolute atomic E-state index is 13.4. The van der Waals surface area contributed by atoms with Crippen molar-refractivity contribution in [1.82, 2.24) is 5.32 Å². The summed E-state index contributed by atoms with van der Waals surface area (Å²) in [5.41, 5.74) is 0. The van der Waals surface area contributed by atoms with Crippen LogP contribution in [0.4, 0.5) is 0 Å². The molecular weight excluding hydrogens is 1170 g/mol. The molecule has 530 valence electrons. The number of amides is 1. The largest absolute Gasteiger partial charge is 0.394 e. The molecule has 0 aromatic carbocycles. The van der Waals surface area contributed by atoms with Crippen LogP contribution in [0, 0.1) is 0 Å². The third kappa shape index (κ3) is 35.4. The molecule has 17 unspecified atom stereocenters. The molecule has 0 spiro atoms. The Balaban J connectivity index is 1.31. The Hall–Kier alpha value is -2.51. The second-order valence-electron chi connectivity index (χ2n) is 25.7. The first-order chi connectivity index (χ1) is 44.3. The van der Waals surface area contributed by atoms with Crippen molar-refractivity contribution in [3.8, 4) is 0 Å². The molecule has 91 heavy (non-hydrogen) atoms. The molecule has 0 aliphatic carbocycles. The normalized spacial score (nSPS) is 28.2. The first kappa shape index (κ1) is 82.7. The van der Waals surface area contributed by atoms with Gasteiger partial charge >= 0.3 is 0 Å². The molecule has 3 heterocycles. The van der Waals surface area contributed by atoms with E-state index in [-0.39, 0.29) is 18.9 Å². The van der Waals surface area contributed by atoms with Gasteiger partial charge in [0.05, 0.1) is 38.6 Å². The second kappa shape index (κ2) is 53.6. The smallest absolute Gasteiger partial charge is 0.220 e. The summed E-state index contributed by atoms with van der Waals surface area (Å²) in [6.45, 7) is 1.61. The van der Waals surface area contributed by atoms with Crippen LogP contribution in [0.5, 0.6) is 0 Å². The standard InChI is InChI=1S/C72H129NO18/c1-3-5-7-9-11-13-15-16-17-18-19-20-21-22-23-24-25-26-27-28-29-30-31-32-33-34-35-36-37-38-40-42-44-46-48-50-60(78)73-55(56(77)49-47-45-43-41-39-14-12-10-8-6-4-2)54-86-70-66(84)63(81)68(58(52-75)88-70)91-72-67(85)64(82)69(59(53-76)89-72)90-71-65(83)62(80)61(79)57(51-74)87-71/h8,10,15-16,18-19,39,41,47,49,55-59,61-72,74-77,79-85H,3-7,9,11-14,17,20-38,40,42-46,48,50-54H2,1-2H3,(H,73,78)/b10-8+,16-15-,19-18-,41-39+,49-47+. The quantitative estimate of drug-likeness (QED) is 0.0199. The van der Waals surface area contributed by atoms with Gasteiger partial charge in [0, 0.05) is 6.42 Å². The minimum absolute atomic E-state index is 0.233. The van der Waals surface area contributed by atoms with Crippen LogP contribution in [0.2, 0.25) is 0 Å². The average molecular weight is 1300 g/mol. The van der Waals surface area contributed by atoms with Crippen molar-refractivity contribution in [2.45, 2.75) is 362 Å². The molecule has 19 nitrogen and oxygen atoms in total. The number of allylic oxidation sites excluding steroid dienone is 9. The lowest BCUT2D eigenvalue weighted by atomic mass is 9.96. The van der Waals surface area contributed by atoms with Crippen LogP contribution in [0.3, 0.4) is 0 Å². The van der Waals surface area contributed by atoms with Gasteiger partial charge in [-0.3, -0.25) is 4.79 Å². The molecular formula is C72H129NO18. The highest BCUT2D eigenvalue weighted by Gasteiger charge is 2.53. The Labute approximate surface area is 547 Å². The van der Waals surface area contributed by atoms with E-state index >= 15 is 0 Å². The third-order valence-electron chi connectivity index (χ3n) is 17.7. The van der Waals surface area contributed by atoms with E-state index in [1.54, 1.807) is 6.08 Å². The van der Waals surface area contributed by atoms with Crippen molar-refractivity contribution < 1.29 is 89.4 Å². The molecule has 1 amide bonds. The Kier molecular flexibility index (Phi) is 48.7. The summed E-state index contributed by atoms with van der Waals surface area (Å²) >= 11 is 0. The molecule has 0 saturated carbocycles. The highest BCUT2D eigenvalue weighted by Crippen LogP contribution is 2.33. The van der Waals surface area contributed by atoms with Crippen LogP contribution in [-0.2, 0) is 33.2 Å². The molecule has 0 aromatic rings.